The molecule has 0 radical (unpaired) electrons. The van der Waals surface area contributed by atoms with Crippen molar-refractivity contribution in [1.82, 2.24) is 4.90 Å². The van der Waals surface area contributed by atoms with Crippen molar-refractivity contribution in [1.29, 1.82) is 0 Å². The summed E-state index contributed by atoms with van der Waals surface area (Å²) < 4.78 is 11.0. The van der Waals surface area contributed by atoms with E-state index in [0.29, 0.717) is 12.3 Å². The van der Waals surface area contributed by atoms with E-state index in [0.717, 1.165) is 55.8 Å². The number of likely N-dealkylation sites (tertiary alicyclic amines) is 1. The number of nitrogens with zero attached hydrogens (tertiary/aromatic N) is 1. The van der Waals surface area contributed by atoms with Crippen LogP contribution in [-0.2, 0) is 6.42 Å². The van der Waals surface area contributed by atoms with Crippen molar-refractivity contribution in [3.63, 3.8) is 0 Å². The fourth-order valence-corrected chi connectivity index (χ4v) is 5.66. The predicted octanol–water partition coefficient (Wildman–Crippen LogP) is 10.8. The number of carbonyl (C=O) groups excluding carboxylic acids is 1. The van der Waals surface area contributed by atoms with Gasteiger partial charge in [-0.2, -0.15) is 0 Å². The van der Waals surface area contributed by atoms with Gasteiger partial charge in [-0.25, -0.2) is 0 Å². The number of Topliss-reactive ketones (excluding diaryl/α,β-unsaturated/α-hetero) is 1. The number of rotatable bonds is 17. The molecule has 0 aromatic heterocycles. The quantitative estimate of drug-likeness (QED) is 0.0850. The molecule has 1 atom stereocenters. The molecule has 0 aliphatic carbocycles. The van der Waals surface area contributed by atoms with E-state index in [-0.39, 0.29) is 5.78 Å². The average Bonchev–Trinajstić information content (AvgIpc) is 3.60. The zero-order valence-corrected chi connectivity index (χ0v) is 29.6. The van der Waals surface area contributed by atoms with Gasteiger partial charge < -0.3 is 14.4 Å². The van der Waals surface area contributed by atoms with Crippen LogP contribution in [0.15, 0.2) is 83.9 Å². The van der Waals surface area contributed by atoms with Gasteiger partial charge in [0.25, 0.3) is 0 Å². The highest BCUT2D eigenvalue weighted by molar-refractivity contribution is 5.96. The maximum Gasteiger partial charge on any atom is 0.162 e. The summed E-state index contributed by atoms with van der Waals surface area (Å²) in [6, 6.07) is 25.0. The van der Waals surface area contributed by atoms with E-state index in [9.17, 15) is 4.79 Å². The van der Waals surface area contributed by atoms with Crippen LogP contribution in [0.1, 0.15) is 118 Å². The monoisotopic (exact) mass is 625 g/mol. The second-order valence-electron chi connectivity index (χ2n) is 13.2. The Morgan fingerprint density at radius 1 is 0.783 bits per heavy atom. The van der Waals surface area contributed by atoms with Gasteiger partial charge >= 0.3 is 0 Å². The average molecular weight is 626 g/mol. The van der Waals surface area contributed by atoms with E-state index in [1.165, 1.54) is 73.2 Å². The predicted molar refractivity (Wildman–Crippen MR) is 195 cm³/mol. The highest BCUT2D eigenvalue weighted by Crippen LogP contribution is 2.23. The minimum absolute atomic E-state index is 0.220. The van der Waals surface area contributed by atoms with E-state index in [4.69, 9.17) is 9.47 Å². The third-order valence-corrected chi connectivity index (χ3v) is 9.25. The SMILES string of the molecule is COc1ccc(C(=O)CCCCC(C)=C(C)C)cc1.Cc1ccc(CCCCOc2ccc(C(C)CCN3CCCC3)cc2)cc1. The van der Waals surface area contributed by atoms with Crippen molar-refractivity contribution in [3.8, 4) is 11.5 Å². The number of hydrogen-bond acceptors (Lipinski definition) is 4. The molecule has 1 aliphatic rings. The maximum atomic E-state index is 12.0. The molecule has 250 valence electrons. The first-order chi connectivity index (χ1) is 22.2. The molecular weight excluding hydrogens is 566 g/mol. The summed E-state index contributed by atoms with van der Waals surface area (Å²) in [6.45, 7) is 15.5. The first-order valence-corrected chi connectivity index (χ1v) is 17.6. The fraction of sp³-hybridized carbons (Fsp3) is 0.500. The summed E-state index contributed by atoms with van der Waals surface area (Å²) in [5.74, 6) is 2.63. The lowest BCUT2D eigenvalue weighted by Crippen LogP contribution is -2.21. The number of ether oxygens (including phenoxy) is 2. The van der Waals surface area contributed by atoms with Crippen LogP contribution in [0.5, 0.6) is 11.5 Å². The van der Waals surface area contributed by atoms with Crippen LogP contribution >= 0.6 is 0 Å². The van der Waals surface area contributed by atoms with Crippen LogP contribution in [0.25, 0.3) is 0 Å². The van der Waals surface area contributed by atoms with Gasteiger partial charge in [0.05, 0.1) is 13.7 Å². The van der Waals surface area contributed by atoms with Gasteiger partial charge in [-0.1, -0.05) is 60.0 Å². The van der Waals surface area contributed by atoms with Crippen molar-refractivity contribution in [2.45, 2.75) is 105 Å². The Balaban J connectivity index is 0.000000268. The molecule has 1 fully saturated rings. The van der Waals surface area contributed by atoms with Gasteiger partial charge in [0, 0.05) is 12.0 Å². The molecule has 0 amide bonds. The number of unbranched alkanes of at least 4 members (excludes halogenated alkanes) is 2. The van der Waals surface area contributed by atoms with Gasteiger partial charge in [-0.3, -0.25) is 4.79 Å². The van der Waals surface area contributed by atoms with Crippen LogP contribution in [0.2, 0.25) is 0 Å². The van der Waals surface area contributed by atoms with E-state index in [1.54, 1.807) is 7.11 Å². The fourth-order valence-electron chi connectivity index (χ4n) is 5.66. The van der Waals surface area contributed by atoms with Crippen molar-refractivity contribution in [2.75, 3.05) is 33.4 Å². The lowest BCUT2D eigenvalue weighted by molar-refractivity contribution is 0.0979. The first kappa shape index (κ1) is 37.1. The molecule has 1 heterocycles. The molecule has 1 aliphatic heterocycles. The number of methoxy groups -OCH3 is 1. The summed E-state index contributed by atoms with van der Waals surface area (Å²) in [4.78, 5) is 14.6. The smallest absolute Gasteiger partial charge is 0.162 e. The summed E-state index contributed by atoms with van der Waals surface area (Å²) in [5, 5.41) is 0. The normalized spacial score (nSPS) is 13.4. The van der Waals surface area contributed by atoms with Crippen LogP contribution in [0.3, 0.4) is 0 Å². The maximum absolute atomic E-state index is 12.0. The Morgan fingerprint density at radius 3 is 2.04 bits per heavy atom. The standard InChI is InChI=1S/C25H35NO.C17H24O2/c1-21-8-10-23(11-9-21)7-3-6-20-27-25-14-12-24(13-15-25)22(2)16-19-26-17-4-5-18-26;1-13(2)14(3)7-5-6-8-17(18)15-9-11-16(19-4)12-10-15/h8-15,22H,3-7,16-20H2,1-2H3;9-12H,5-8H2,1-4H3. The number of benzene rings is 3. The number of aryl methyl sites for hydroxylation is 2. The summed E-state index contributed by atoms with van der Waals surface area (Å²) >= 11 is 0. The number of ketones is 1. The van der Waals surface area contributed by atoms with Crippen molar-refractivity contribution in [2.24, 2.45) is 0 Å². The van der Waals surface area contributed by atoms with E-state index in [2.05, 4.69) is 88.0 Å². The Hall–Kier alpha value is -3.37. The van der Waals surface area contributed by atoms with Gasteiger partial charge in [0.1, 0.15) is 11.5 Å². The molecule has 4 heteroatoms. The van der Waals surface area contributed by atoms with E-state index < -0.39 is 0 Å². The Bertz CT molecular complexity index is 1300. The molecule has 46 heavy (non-hydrogen) atoms. The van der Waals surface area contributed by atoms with Gasteiger partial charge in [-0.05, 0) is 159 Å². The van der Waals surface area contributed by atoms with Gasteiger partial charge in [0.15, 0.2) is 5.78 Å². The molecule has 0 spiro atoms. The Kier molecular flexibility index (Phi) is 16.7. The molecular formula is C42H59NO3. The molecule has 1 saturated heterocycles. The topological polar surface area (TPSA) is 38.8 Å². The first-order valence-electron chi connectivity index (χ1n) is 17.6. The number of hydrogen-bond donors (Lipinski definition) is 0. The highest BCUT2D eigenvalue weighted by Gasteiger charge is 2.13. The lowest BCUT2D eigenvalue weighted by Gasteiger charge is -2.18. The number of allylic oxidation sites excluding steroid dienone is 2. The summed E-state index contributed by atoms with van der Waals surface area (Å²) in [5.41, 5.74) is 7.79. The number of carbonyl (C=O) groups is 1. The lowest BCUT2D eigenvalue weighted by atomic mass is 9.97. The molecule has 1 unspecified atom stereocenters. The molecule has 3 aromatic carbocycles. The molecule has 3 aromatic rings. The second-order valence-corrected chi connectivity index (χ2v) is 13.2. The molecule has 4 rings (SSSR count). The molecule has 0 saturated carbocycles. The minimum atomic E-state index is 0.220. The largest absolute Gasteiger partial charge is 0.497 e. The molecule has 4 nitrogen and oxygen atoms in total. The van der Waals surface area contributed by atoms with Crippen LogP contribution < -0.4 is 9.47 Å². The van der Waals surface area contributed by atoms with Gasteiger partial charge in [0.2, 0.25) is 0 Å². The van der Waals surface area contributed by atoms with Crippen molar-refractivity contribution in [3.05, 3.63) is 106 Å². The zero-order chi connectivity index (χ0) is 33.1. The summed E-state index contributed by atoms with van der Waals surface area (Å²) in [7, 11) is 1.63. The van der Waals surface area contributed by atoms with Crippen molar-refractivity contribution < 1.29 is 14.3 Å². The zero-order valence-electron chi connectivity index (χ0n) is 29.6. The minimum Gasteiger partial charge on any atom is -0.497 e. The van der Waals surface area contributed by atoms with Crippen molar-refractivity contribution >= 4 is 5.78 Å². The van der Waals surface area contributed by atoms with Crippen LogP contribution in [-0.4, -0.2) is 44.0 Å². The van der Waals surface area contributed by atoms with E-state index in [1.807, 2.05) is 24.3 Å². The van der Waals surface area contributed by atoms with Crippen LogP contribution in [0.4, 0.5) is 0 Å². The van der Waals surface area contributed by atoms with E-state index >= 15 is 0 Å². The van der Waals surface area contributed by atoms with Crippen LogP contribution in [0, 0.1) is 6.92 Å². The summed E-state index contributed by atoms with van der Waals surface area (Å²) in [6.07, 6.45) is 11.2. The third kappa shape index (κ3) is 14.0. The highest BCUT2D eigenvalue weighted by atomic mass is 16.5. The Morgan fingerprint density at radius 2 is 1.41 bits per heavy atom. The Labute approximate surface area is 280 Å². The second kappa shape index (κ2) is 20.7. The third-order valence-electron chi connectivity index (χ3n) is 9.25. The molecule has 0 bridgehead atoms. The van der Waals surface area contributed by atoms with Gasteiger partial charge in [-0.15, -0.1) is 0 Å². The molecule has 0 N–H and O–H groups in total.